The second kappa shape index (κ2) is 7.40. The third kappa shape index (κ3) is 4.57. The van der Waals surface area contributed by atoms with Crippen LogP contribution in [0.4, 0.5) is 0 Å². The van der Waals surface area contributed by atoms with Gasteiger partial charge in [0.2, 0.25) is 0 Å². The molecule has 21 heavy (non-hydrogen) atoms. The van der Waals surface area contributed by atoms with E-state index in [0.717, 1.165) is 5.56 Å². The molecule has 0 saturated heterocycles. The van der Waals surface area contributed by atoms with Gasteiger partial charge in [0.1, 0.15) is 5.75 Å². The number of hydrogen-bond acceptors (Lipinski definition) is 4. The normalized spacial score (nSPS) is 11.0. The van der Waals surface area contributed by atoms with Crippen LogP contribution in [0.5, 0.6) is 5.75 Å². The molecular weight excluding hydrogens is 290 g/mol. The molecule has 0 radical (unpaired) electrons. The molecule has 1 aromatic carbocycles. The summed E-state index contributed by atoms with van der Waals surface area (Å²) in [4.78, 5) is 15.6. The molecule has 1 N–H and O–H groups in total. The summed E-state index contributed by atoms with van der Waals surface area (Å²) < 4.78 is 5.31. The first-order valence-corrected chi connectivity index (χ1v) is 6.65. The van der Waals surface area contributed by atoms with Crippen LogP contribution >= 0.6 is 11.6 Å². The zero-order chi connectivity index (χ0) is 15.1. The minimum Gasteiger partial charge on any atom is -0.482 e. The molecule has 0 saturated carbocycles. The van der Waals surface area contributed by atoms with Gasteiger partial charge in [-0.15, -0.1) is 0 Å². The lowest BCUT2D eigenvalue weighted by molar-refractivity contribution is -0.123. The zero-order valence-electron chi connectivity index (χ0n) is 11.4. The number of carbonyl (C=O) groups is 1. The number of pyridine rings is 1. The molecule has 0 fully saturated rings. The zero-order valence-corrected chi connectivity index (χ0v) is 12.2. The number of nitrogens with zero attached hydrogens (tertiary/aromatic N) is 2. The second-order valence-corrected chi connectivity index (χ2v) is 4.59. The molecule has 5 nitrogen and oxygen atoms in total. The Morgan fingerprint density at radius 2 is 2.00 bits per heavy atom. The first-order chi connectivity index (χ1) is 10.2. The second-order valence-electron chi connectivity index (χ2n) is 4.19. The molecular formula is C15H14ClN3O2. The highest BCUT2D eigenvalue weighted by Gasteiger charge is 2.05. The van der Waals surface area contributed by atoms with Gasteiger partial charge in [-0.1, -0.05) is 23.7 Å². The Morgan fingerprint density at radius 1 is 1.29 bits per heavy atom. The summed E-state index contributed by atoms with van der Waals surface area (Å²) in [6.45, 7) is 1.64. The van der Waals surface area contributed by atoms with E-state index in [1.165, 1.54) is 0 Å². The van der Waals surface area contributed by atoms with Crippen molar-refractivity contribution in [3.8, 4) is 5.75 Å². The van der Waals surface area contributed by atoms with Gasteiger partial charge in [0, 0.05) is 18.0 Å². The average Bonchev–Trinajstić information content (AvgIpc) is 2.52. The van der Waals surface area contributed by atoms with Gasteiger partial charge in [-0.25, -0.2) is 5.43 Å². The Balaban J connectivity index is 1.87. The molecule has 0 aliphatic rings. The molecule has 2 aromatic rings. The van der Waals surface area contributed by atoms with Crippen molar-refractivity contribution in [3.05, 3.63) is 59.4 Å². The Morgan fingerprint density at radius 3 is 2.71 bits per heavy atom. The highest BCUT2D eigenvalue weighted by Crippen LogP contribution is 2.22. The summed E-state index contributed by atoms with van der Waals surface area (Å²) in [6, 6.07) is 10.6. The van der Waals surface area contributed by atoms with Crippen molar-refractivity contribution in [2.45, 2.75) is 6.92 Å². The third-order valence-electron chi connectivity index (χ3n) is 2.64. The molecule has 6 heteroatoms. The van der Waals surface area contributed by atoms with Gasteiger partial charge in [-0.2, -0.15) is 5.10 Å². The van der Waals surface area contributed by atoms with Crippen LogP contribution < -0.4 is 10.2 Å². The number of hydrogen-bond donors (Lipinski definition) is 1. The van der Waals surface area contributed by atoms with E-state index in [4.69, 9.17) is 16.3 Å². The SMILES string of the molecule is C/C(=N\NC(=O)COc1ccccc1Cl)c1ccncc1. The van der Waals surface area contributed by atoms with E-state index in [-0.39, 0.29) is 12.5 Å². The first-order valence-electron chi connectivity index (χ1n) is 6.27. The van der Waals surface area contributed by atoms with E-state index in [1.54, 1.807) is 43.6 Å². The van der Waals surface area contributed by atoms with Crippen molar-refractivity contribution in [1.29, 1.82) is 0 Å². The molecule has 1 aromatic heterocycles. The average molecular weight is 304 g/mol. The summed E-state index contributed by atoms with van der Waals surface area (Å²) in [6.07, 6.45) is 3.33. The summed E-state index contributed by atoms with van der Waals surface area (Å²) >= 11 is 5.93. The van der Waals surface area contributed by atoms with Crippen molar-refractivity contribution in [2.75, 3.05) is 6.61 Å². The molecule has 0 bridgehead atoms. The first kappa shape index (κ1) is 15.0. The van der Waals surface area contributed by atoms with Crippen LogP contribution in [0.1, 0.15) is 12.5 Å². The lowest BCUT2D eigenvalue weighted by atomic mass is 10.2. The minimum atomic E-state index is -0.358. The predicted octanol–water partition coefficient (Wildman–Crippen LogP) is 2.65. The third-order valence-corrected chi connectivity index (χ3v) is 2.95. The standard InChI is InChI=1S/C15H14ClN3O2/c1-11(12-6-8-17-9-7-12)18-19-15(20)10-21-14-5-3-2-4-13(14)16/h2-9H,10H2,1H3,(H,19,20)/b18-11+. The van der Waals surface area contributed by atoms with E-state index in [0.29, 0.717) is 16.5 Å². The molecule has 0 unspecified atom stereocenters. The maximum Gasteiger partial charge on any atom is 0.277 e. The van der Waals surface area contributed by atoms with Crippen molar-refractivity contribution in [3.63, 3.8) is 0 Å². The number of benzene rings is 1. The maximum absolute atomic E-state index is 11.7. The smallest absolute Gasteiger partial charge is 0.277 e. The van der Waals surface area contributed by atoms with E-state index >= 15 is 0 Å². The number of para-hydroxylation sites is 1. The van der Waals surface area contributed by atoms with Crippen molar-refractivity contribution >= 4 is 23.2 Å². The van der Waals surface area contributed by atoms with Crippen LogP contribution in [0.25, 0.3) is 0 Å². The molecule has 0 atom stereocenters. The minimum absolute atomic E-state index is 0.156. The number of aromatic nitrogens is 1. The Labute approximate surface area is 127 Å². The molecule has 1 heterocycles. The maximum atomic E-state index is 11.7. The Kier molecular flexibility index (Phi) is 5.29. The highest BCUT2D eigenvalue weighted by atomic mass is 35.5. The van der Waals surface area contributed by atoms with Gasteiger partial charge in [0.25, 0.3) is 5.91 Å². The lowest BCUT2D eigenvalue weighted by Crippen LogP contribution is -2.25. The van der Waals surface area contributed by atoms with E-state index in [2.05, 4.69) is 15.5 Å². The van der Waals surface area contributed by atoms with Crippen LogP contribution in [-0.4, -0.2) is 23.2 Å². The number of amides is 1. The molecule has 0 aliphatic carbocycles. The van der Waals surface area contributed by atoms with E-state index in [9.17, 15) is 4.79 Å². The predicted molar refractivity (Wildman–Crippen MR) is 81.5 cm³/mol. The highest BCUT2D eigenvalue weighted by molar-refractivity contribution is 6.32. The summed E-state index contributed by atoms with van der Waals surface area (Å²) in [7, 11) is 0. The summed E-state index contributed by atoms with van der Waals surface area (Å²) in [5, 5.41) is 4.47. The quantitative estimate of drug-likeness (QED) is 0.682. The fourth-order valence-electron chi connectivity index (χ4n) is 1.54. The largest absolute Gasteiger partial charge is 0.482 e. The van der Waals surface area contributed by atoms with E-state index < -0.39 is 0 Å². The molecule has 1 amide bonds. The van der Waals surface area contributed by atoms with Crippen molar-refractivity contribution < 1.29 is 9.53 Å². The number of halogens is 1. The van der Waals surface area contributed by atoms with Gasteiger partial charge < -0.3 is 4.74 Å². The van der Waals surface area contributed by atoms with Crippen molar-refractivity contribution in [2.24, 2.45) is 5.10 Å². The van der Waals surface area contributed by atoms with Gasteiger partial charge in [0.15, 0.2) is 6.61 Å². The molecule has 108 valence electrons. The fraction of sp³-hybridized carbons (Fsp3) is 0.133. The lowest BCUT2D eigenvalue weighted by Gasteiger charge is -2.07. The Hall–Kier alpha value is -2.40. The number of hydrazone groups is 1. The molecule has 0 aliphatic heterocycles. The van der Waals surface area contributed by atoms with Crippen LogP contribution in [0.3, 0.4) is 0 Å². The van der Waals surface area contributed by atoms with Gasteiger partial charge >= 0.3 is 0 Å². The summed E-state index contributed by atoms with van der Waals surface area (Å²) in [5.74, 6) is 0.104. The molecule has 0 spiro atoms. The van der Waals surface area contributed by atoms with Gasteiger partial charge in [-0.05, 0) is 31.2 Å². The van der Waals surface area contributed by atoms with E-state index in [1.807, 2.05) is 12.1 Å². The monoisotopic (exact) mass is 303 g/mol. The number of carbonyl (C=O) groups excluding carboxylic acids is 1. The fourth-order valence-corrected chi connectivity index (χ4v) is 1.73. The topological polar surface area (TPSA) is 63.6 Å². The molecule has 2 rings (SSSR count). The van der Waals surface area contributed by atoms with Gasteiger partial charge in [-0.3, -0.25) is 9.78 Å². The van der Waals surface area contributed by atoms with Crippen LogP contribution in [0.2, 0.25) is 5.02 Å². The van der Waals surface area contributed by atoms with Crippen molar-refractivity contribution in [1.82, 2.24) is 10.4 Å². The number of ether oxygens (including phenoxy) is 1. The summed E-state index contributed by atoms with van der Waals surface area (Å²) in [5.41, 5.74) is 4.00. The van der Waals surface area contributed by atoms with Crippen LogP contribution in [0.15, 0.2) is 53.9 Å². The Bertz CT molecular complexity index is 644. The number of nitrogens with one attached hydrogen (secondary N) is 1. The van der Waals surface area contributed by atoms with Gasteiger partial charge in [0.05, 0.1) is 10.7 Å². The van der Waals surface area contributed by atoms with Crippen LogP contribution in [0, 0.1) is 0 Å². The number of rotatable bonds is 5. The van der Waals surface area contributed by atoms with Crippen LogP contribution in [-0.2, 0) is 4.79 Å².